The number of amides is 1. The van der Waals surface area contributed by atoms with Gasteiger partial charge in [0, 0.05) is 11.2 Å². The highest BCUT2D eigenvalue weighted by Gasteiger charge is 2.08. The van der Waals surface area contributed by atoms with Gasteiger partial charge in [-0.05, 0) is 49.2 Å². The van der Waals surface area contributed by atoms with Crippen LogP contribution in [0, 0.1) is 19.7 Å². The van der Waals surface area contributed by atoms with Crippen molar-refractivity contribution < 1.29 is 13.9 Å². The number of carbonyl (C=O) groups is 1. The molecule has 0 saturated carbocycles. The Kier molecular flexibility index (Phi) is 5.33. The van der Waals surface area contributed by atoms with Crippen LogP contribution < -0.4 is 10.1 Å². The van der Waals surface area contributed by atoms with Gasteiger partial charge in [-0.15, -0.1) is 0 Å². The SMILES string of the molecule is Cc1cc(OCC(=O)NCc2ncccc2F)cc(C)c1Cl. The van der Waals surface area contributed by atoms with E-state index in [4.69, 9.17) is 16.3 Å². The monoisotopic (exact) mass is 322 g/mol. The number of halogens is 2. The number of rotatable bonds is 5. The van der Waals surface area contributed by atoms with Crippen molar-refractivity contribution in [1.29, 1.82) is 0 Å². The van der Waals surface area contributed by atoms with Gasteiger partial charge in [-0.2, -0.15) is 0 Å². The third-order valence-corrected chi connectivity index (χ3v) is 3.66. The molecule has 2 rings (SSSR count). The van der Waals surface area contributed by atoms with Crippen molar-refractivity contribution >= 4 is 17.5 Å². The number of nitrogens with zero attached hydrogens (tertiary/aromatic N) is 1. The number of aryl methyl sites for hydroxylation is 2. The summed E-state index contributed by atoms with van der Waals surface area (Å²) in [6.07, 6.45) is 1.47. The Balaban J connectivity index is 1.87. The van der Waals surface area contributed by atoms with E-state index in [2.05, 4.69) is 10.3 Å². The zero-order valence-electron chi connectivity index (χ0n) is 12.3. The maximum Gasteiger partial charge on any atom is 0.258 e. The van der Waals surface area contributed by atoms with E-state index in [0.717, 1.165) is 11.1 Å². The van der Waals surface area contributed by atoms with E-state index >= 15 is 0 Å². The Morgan fingerprint density at radius 3 is 2.68 bits per heavy atom. The van der Waals surface area contributed by atoms with Crippen LogP contribution in [-0.4, -0.2) is 17.5 Å². The fourth-order valence-corrected chi connectivity index (χ4v) is 2.03. The molecule has 0 aliphatic carbocycles. The van der Waals surface area contributed by atoms with Gasteiger partial charge in [0.05, 0.1) is 12.2 Å². The molecule has 22 heavy (non-hydrogen) atoms. The molecule has 0 atom stereocenters. The first kappa shape index (κ1) is 16.2. The number of ether oxygens (including phenoxy) is 1. The summed E-state index contributed by atoms with van der Waals surface area (Å²) in [6.45, 7) is 3.60. The molecule has 1 heterocycles. The first-order valence-electron chi connectivity index (χ1n) is 6.73. The van der Waals surface area contributed by atoms with Crippen LogP contribution in [0.25, 0.3) is 0 Å². The summed E-state index contributed by atoms with van der Waals surface area (Å²) >= 11 is 6.07. The number of pyridine rings is 1. The van der Waals surface area contributed by atoms with Crippen LogP contribution in [-0.2, 0) is 11.3 Å². The maximum atomic E-state index is 13.4. The Morgan fingerprint density at radius 2 is 2.05 bits per heavy atom. The van der Waals surface area contributed by atoms with Crippen molar-refractivity contribution in [2.45, 2.75) is 20.4 Å². The molecular formula is C16H16ClFN2O2. The second-order valence-electron chi connectivity index (χ2n) is 4.87. The Hall–Kier alpha value is -2.14. The molecule has 0 saturated heterocycles. The van der Waals surface area contributed by atoms with E-state index in [1.165, 1.54) is 18.3 Å². The summed E-state index contributed by atoms with van der Waals surface area (Å²) in [4.78, 5) is 15.6. The van der Waals surface area contributed by atoms with Crippen LogP contribution in [0.4, 0.5) is 4.39 Å². The summed E-state index contributed by atoms with van der Waals surface area (Å²) in [6, 6.07) is 6.32. The Labute approximate surface area is 133 Å². The molecule has 0 fully saturated rings. The highest BCUT2D eigenvalue weighted by molar-refractivity contribution is 6.32. The molecule has 1 aromatic heterocycles. The van der Waals surface area contributed by atoms with E-state index in [1.54, 1.807) is 12.1 Å². The van der Waals surface area contributed by atoms with E-state index in [-0.39, 0.29) is 24.8 Å². The number of nitrogens with one attached hydrogen (secondary N) is 1. The third-order valence-electron chi connectivity index (χ3n) is 3.07. The lowest BCUT2D eigenvalue weighted by atomic mass is 10.1. The summed E-state index contributed by atoms with van der Waals surface area (Å²) in [7, 11) is 0. The van der Waals surface area contributed by atoms with Gasteiger partial charge in [-0.25, -0.2) is 4.39 Å². The van der Waals surface area contributed by atoms with Gasteiger partial charge >= 0.3 is 0 Å². The minimum atomic E-state index is -0.451. The maximum absolute atomic E-state index is 13.4. The summed E-state index contributed by atoms with van der Waals surface area (Å²) < 4.78 is 18.8. The minimum absolute atomic E-state index is 0.0214. The van der Waals surface area contributed by atoms with E-state index < -0.39 is 5.82 Å². The van der Waals surface area contributed by atoms with Gasteiger partial charge in [-0.3, -0.25) is 9.78 Å². The van der Waals surface area contributed by atoms with Crippen LogP contribution in [0.3, 0.4) is 0 Å². The van der Waals surface area contributed by atoms with E-state index in [1.807, 2.05) is 13.8 Å². The van der Waals surface area contributed by atoms with Gasteiger partial charge in [0.15, 0.2) is 6.61 Å². The molecule has 1 aromatic carbocycles. The Bertz CT molecular complexity index is 669. The lowest BCUT2D eigenvalue weighted by molar-refractivity contribution is -0.123. The van der Waals surface area contributed by atoms with Crippen molar-refractivity contribution in [2.24, 2.45) is 0 Å². The number of aromatic nitrogens is 1. The highest BCUT2D eigenvalue weighted by atomic mass is 35.5. The van der Waals surface area contributed by atoms with Gasteiger partial charge in [-0.1, -0.05) is 11.6 Å². The van der Waals surface area contributed by atoms with Gasteiger partial charge in [0.25, 0.3) is 5.91 Å². The average molecular weight is 323 g/mol. The third kappa shape index (κ3) is 4.18. The fourth-order valence-electron chi connectivity index (χ4n) is 1.92. The topological polar surface area (TPSA) is 51.2 Å². The smallest absolute Gasteiger partial charge is 0.258 e. The molecule has 1 N–H and O–H groups in total. The molecule has 0 bridgehead atoms. The molecule has 0 aliphatic rings. The van der Waals surface area contributed by atoms with Crippen molar-refractivity contribution in [2.75, 3.05) is 6.61 Å². The van der Waals surface area contributed by atoms with Crippen LogP contribution in [0.15, 0.2) is 30.5 Å². The summed E-state index contributed by atoms with van der Waals surface area (Å²) in [5, 5.41) is 3.24. The van der Waals surface area contributed by atoms with Gasteiger partial charge in [0.1, 0.15) is 11.6 Å². The quantitative estimate of drug-likeness (QED) is 0.919. The predicted molar refractivity (Wildman–Crippen MR) is 82.5 cm³/mol. The first-order chi connectivity index (χ1) is 10.5. The average Bonchev–Trinajstić information content (AvgIpc) is 2.49. The van der Waals surface area contributed by atoms with Crippen molar-refractivity contribution in [3.05, 3.63) is 58.1 Å². The minimum Gasteiger partial charge on any atom is -0.484 e. The van der Waals surface area contributed by atoms with Crippen LogP contribution in [0.1, 0.15) is 16.8 Å². The molecule has 0 radical (unpaired) electrons. The molecular weight excluding hydrogens is 307 g/mol. The number of carbonyl (C=O) groups excluding carboxylic acids is 1. The zero-order chi connectivity index (χ0) is 16.1. The number of hydrogen-bond donors (Lipinski definition) is 1. The highest BCUT2D eigenvalue weighted by Crippen LogP contribution is 2.25. The predicted octanol–water partition coefficient (Wildman–Crippen LogP) is 3.19. The molecule has 0 aliphatic heterocycles. The molecule has 6 heteroatoms. The summed E-state index contributed by atoms with van der Waals surface area (Å²) in [5.41, 5.74) is 1.95. The number of hydrogen-bond acceptors (Lipinski definition) is 3. The molecule has 2 aromatic rings. The second-order valence-corrected chi connectivity index (χ2v) is 5.25. The molecule has 116 valence electrons. The van der Waals surface area contributed by atoms with E-state index in [0.29, 0.717) is 10.8 Å². The van der Waals surface area contributed by atoms with Gasteiger partial charge in [0.2, 0.25) is 0 Å². The molecule has 1 amide bonds. The standard InChI is InChI=1S/C16H16ClFN2O2/c1-10-6-12(7-11(2)16(10)17)22-9-15(21)20-8-14-13(18)4-3-5-19-14/h3-7H,8-9H2,1-2H3,(H,20,21). The van der Waals surface area contributed by atoms with Gasteiger partial charge < -0.3 is 10.1 Å². The largest absolute Gasteiger partial charge is 0.484 e. The molecule has 4 nitrogen and oxygen atoms in total. The lowest BCUT2D eigenvalue weighted by Gasteiger charge is -2.10. The van der Waals surface area contributed by atoms with E-state index in [9.17, 15) is 9.18 Å². The molecule has 0 unspecified atom stereocenters. The second kappa shape index (κ2) is 7.22. The van der Waals surface area contributed by atoms with Crippen LogP contribution in [0.2, 0.25) is 5.02 Å². The van der Waals surface area contributed by atoms with Crippen molar-refractivity contribution in [1.82, 2.24) is 10.3 Å². The lowest BCUT2D eigenvalue weighted by Crippen LogP contribution is -2.29. The normalized spacial score (nSPS) is 10.4. The fraction of sp³-hybridized carbons (Fsp3) is 0.250. The van der Waals surface area contributed by atoms with Crippen molar-refractivity contribution in [3.63, 3.8) is 0 Å². The number of benzene rings is 1. The van der Waals surface area contributed by atoms with Crippen LogP contribution in [0.5, 0.6) is 5.75 Å². The zero-order valence-corrected chi connectivity index (χ0v) is 13.1. The summed E-state index contributed by atoms with van der Waals surface area (Å²) in [5.74, 6) is -0.235. The Morgan fingerprint density at radius 1 is 1.36 bits per heavy atom. The van der Waals surface area contributed by atoms with Crippen LogP contribution >= 0.6 is 11.6 Å². The molecule has 0 spiro atoms. The first-order valence-corrected chi connectivity index (χ1v) is 7.11. The van der Waals surface area contributed by atoms with Crippen molar-refractivity contribution in [3.8, 4) is 5.75 Å².